The Hall–Kier alpha value is -1.77. The predicted molar refractivity (Wildman–Crippen MR) is 81.6 cm³/mol. The topological polar surface area (TPSA) is 52.0 Å². The normalized spacial score (nSPS) is 17.6. The van der Waals surface area contributed by atoms with E-state index in [2.05, 4.69) is 44.1 Å². The highest BCUT2D eigenvalue weighted by Crippen LogP contribution is 2.46. The van der Waals surface area contributed by atoms with Crippen molar-refractivity contribution in [3.05, 3.63) is 35.1 Å². The van der Waals surface area contributed by atoms with Crippen LogP contribution in [0.5, 0.6) is 0 Å². The van der Waals surface area contributed by atoms with E-state index in [1.54, 1.807) is 0 Å². The van der Waals surface area contributed by atoms with E-state index in [4.69, 9.17) is 10.3 Å². The molecule has 0 spiro atoms. The van der Waals surface area contributed by atoms with E-state index in [1.807, 2.05) is 0 Å². The van der Waals surface area contributed by atoms with Crippen molar-refractivity contribution in [2.45, 2.75) is 51.9 Å². The summed E-state index contributed by atoms with van der Waals surface area (Å²) in [6.45, 7) is 6.51. The van der Waals surface area contributed by atoms with Crippen molar-refractivity contribution in [2.24, 2.45) is 0 Å². The first-order valence-electron chi connectivity index (χ1n) is 7.34. The Balaban J connectivity index is 2.13. The van der Waals surface area contributed by atoms with Crippen molar-refractivity contribution in [3.63, 3.8) is 0 Å². The van der Waals surface area contributed by atoms with Gasteiger partial charge in [-0.25, -0.2) is 0 Å². The highest BCUT2D eigenvalue weighted by atomic mass is 16.5. The van der Waals surface area contributed by atoms with Gasteiger partial charge >= 0.3 is 0 Å². The predicted octanol–water partition coefficient (Wildman–Crippen LogP) is 4.37. The molecule has 0 unspecified atom stereocenters. The Morgan fingerprint density at radius 3 is 2.50 bits per heavy atom. The van der Waals surface area contributed by atoms with Gasteiger partial charge < -0.3 is 10.3 Å². The molecule has 1 saturated carbocycles. The second-order valence-electron chi connectivity index (χ2n) is 6.34. The molecule has 1 aromatic carbocycles. The van der Waals surface area contributed by atoms with E-state index < -0.39 is 0 Å². The van der Waals surface area contributed by atoms with Gasteiger partial charge in [0.15, 0.2) is 11.6 Å². The maximum absolute atomic E-state index is 6.08. The van der Waals surface area contributed by atoms with Crippen LogP contribution in [0.25, 0.3) is 11.1 Å². The summed E-state index contributed by atoms with van der Waals surface area (Å²) in [5, 5.41) is 4.04. The number of anilines is 1. The van der Waals surface area contributed by atoms with Gasteiger partial charge in [-0.2, -0.15) is 0 Å². The van der Waals surface area contributed by atoms with Crippen LogP contribution in [0.2, 0.25) is 0 Å². The molecule has 3 rings (SSSR count). The highest BCUT2D eigenvalue weighted by Gasteiger charge is 2.37. The number of rotatable bonds is 2. The number of hydrogen-bond acceptors (Lipinski definition) is 3. The molecular weight excluding hydrogens is 248 g/mol. The molecule has 3 nitrogen and oxygen atoms in total. The number of nitrogens with two attached hydrogens (primary N) is 1. The van der Waals surface area contributed by atoms with Gasteiger partial charge in [-0.3, -0.25) is 0 Å². The molecule has 1 heterocycles. The third kappa shape index (κ3) is 2.01. The standard InChI is InChI=1S/C17H22N2O/c1-11-6-7-13(10-12(11)2)14-15(20-19-16(14)18)17(3)8-4-5-9-17/h6-7,10H,4-5,8-9H2,1-3H3,(H2,18,19). The number of nitrogen functional groups attached to an aromatic ring is 1. The van der Waals surface area contributed by atoms with Crippen LogP contribution in [0.4, 0.5) is 5.82 Å². The fraction of sp³-hybridized carbons (Fsp3) is 0.471. The fourth-order valence-corrected chi connectivity index (χ4v) is 3.27. The first-order chi connectivity index (χ1) is 9.51. The van der Waals surface area contributed by atoms with E-state index in [1.165, 1.54) is 24.0 Å². The third-order valence-electron chi connectivity index (χ3n) is 4.77. The Labute approximate surface area is 120 Å². The number of nitrogens with zero attached hydrogens (tertiary/aromatic N) is 1. The first kappa shape index (κ1) is 13.2. The van der Waals surface area contributed by atoms with Crippen LogP contribution in [-0.2, 0) is 5.41 Å². The van der Waals surface area contributed by atoms with E-state index in [-0.39, 0.29) is 5.41 Å². The van der Waals surface area contributed by atoms with Crippen molar-refractivity contribution < 1.29 is 4.52 Å². The van der Waals surface area contributed by atoms with Gasteiger partial charge in [0.2, 0.25) is 0 Å². The molecule has 0 radical (unpaired) electrons. The molecule has 0 saturated heterocycles. The molecule has 0 atom stereocenters. The van der Waals surface area contributed by atoms with Gasteiger partial charge in [0.25, 0.3) is 0 Å². The molecule has 20 heavy (non-hydrogen) atoms. The largest absolute Gasteiger partial charge is 0.380 e. The number of aromatic nitrogens is 1. The maximum atomic E-state index is 6.08. The summed E-state index contributed by atoms with van der Waals surface area (Å²) in [5.74, 6) is 1.48. The summed E-state index contributed by atoms with van der Waals surface area (Å²) in [7, 11) is 0. The Kier molecular flexibility index (Phi) is 3.08. The van der Waals surface area contributed by atoms with Gasteiger partial charge in [0.05, 0.1) is 5.56 Å². The van der Waals surface area contributed by atoms with Crippen molar-refractivity contribution in [2.75, 3.05) is 5.73 Å². The van der Waals surface area contributed by atoms with Crippen LogP contribution in [0.1, 0.15) is 49.5 Å². The molecule has 1 aliphatic rings. The second-order valence-corrected chi connectivity index (χ2v) is 6.34. The molecular formula is C17H22N2O. The van der Waals surface area contributed by atoms with Crippen molar-refractivity contribution in [3.8, 4) is 11.1 Å². The monoisotopic (exact) mass is 270 g/mol. The lowest BCUT2D eigenvalue weighted by Gasteiger charge is -2.21. The summed E-state index contributed by atoms with van der Waals surface area (Å²) in [6, 6.07) is 6.44. The van der Waals surface area contributed by atoms with Crippen molar-refractivity contribution >= 4 is 5.82 Å². The van der Waals surface area contributed by atoms with E-state index in [9.17, 15) is 0 Å². The molecule has 0 bridgehead atoms. The van der Waals surface area contributed by atoms with Crippen LogP contribution < -0.4 is 5.73 Å². The molecule has 1 aromatic heterocycles. The lowest BCUT2D eigenvalue weighted by molar-refractivity contribution is 0.307. The lowest BCUT2D eigenvalue weighted by atomic mass is 9.82. The van der Waals surface area contributed by atoms with Crippen LogP contribution in [0.3, 0.4) is 0 Å². The molecule has 2 aromatic rings. The minimum absolute atomic E-state index is 0.0821. The average Bonchev–Trinajstić information content (AvgIpc) is 3.00. The van der Waals surface area contributed by atoms with Gasteiger partial charge in [-0.15, -0.1) is 0 Å². The highest BCUT2D eigenvalue weighted by molar-refractivity contribution is 5.77. The van der Waals surface area contributed by atoms with E-state index >= 15 is 0 Å². The Morgan fingerprint density at radius 1 is 1.15 bits per heavy atom. The zero-order chi connectivity index (χ0) is 14.3. The third-order valence-corrected chi connectivity index (χ3v) is 4.77. The minimum Gasteiger partial charge on any atom is -0.380 e. The summed E-state index contributed by atoms with van der Waals surface area (Å²) < 4.78 is 5.63. The van der Waals surface area contributed by atoms with Crippen LogP contribution >= 0.6 is 0 Å². The summed E-state index contributed by atoms with van der Waals surface area (Å²) in [4.78, 5) is 0. The Bertz CT molecular complexity index is 636. The van der Waals surface area contributed by atoms with Crippen LogP contribution in [-0.4, -0.2) is 5.16 Å². The smallest absolute Gasteiger partial charge is 0.175 e. The molecule has 0 amide bonds. The Morgan fingerprint density at radius 2 is 1.85 bits per heavy atom. The van der Waals surface area contributed by atoms with Gasteiger partial charge in [0, 0.05) is 5.41 Å². The SMILES string of the molecule is Cc1ccc(-c2c(N)noc2C2(C)CCCC2)cc1C. The van der Waals surface area contributed by atoms with Crippen LogP contribution in [0, 0.1) is 13.8 Å². The molecule has 0 aliphatic heterocycles. The number of aryl methyl sites for hydroxylation is 2. The van der Waals surface area contributed by atoms with E-state index in [0.717, 1.165) is 29.7 Å². The zero-order valence-electron chi connectivity index (χ0n) is 12.5. The lowest BCUT2D eigenvalue weighted by Crippen LogP contribution is -2.17. The zero-order valence-corrected chi connectivity index (χ0v) is 12.5. The molecule has 3 heteroatoms. The maximum Gasteiger partial charge on any atom is 0.175 e. The average molecular weight is 270 g/mol. The van der Waals surface area contributed by atoms with E-state index in [0.29, 0.717) is 5.82 Å². The van der Waals surface area contributed by atoms with Gasteiger partial charge in [-0.05, 0) is 43.4 Å². The summed E-state index contributed by atoms with van der Waals surface area (Å²) in [6.07, 6.45) is 4.81. The van der Waals surface area contributed by atoms with Crippen molar-refractivity contribution in [1.82, 2.24) is 5.16 Å². The quantitative estimate of drug-likeness (QED) is 0.881. The molecule has 1 fully saturated rings. The molecule has 106 valence electrons. The van der Waals surface area contributed by atoms with Gasteiger partial charge in [0.1, 0.15) is 0 Å². The number of hydrogen-bond donors (Lipinski definition) is 1. The molecule has 2 N–H and O–H groups in total. The second kappa shape index (κ2) is 4.65. The van der Waals surface area contributed by atoms with Gasteiger partial charge in [-0.1, -0.05) is 43.1 Å². The summed E-state index contributed by atoms with van der Waals surface area (Å²) in [5.41, 5.74) is 10.8. The molecule has 1 aliphatic carbocycles. The summed E-state index contributed by atoms with van der Waals surface area (Å²) >= 11 is 0. The van der Waals surface area contributed by atoms with Crippen molar-refractivity contribution in [1.29, 1.82) is 0 Å². The van der Waals surface area contributed by atoms with Crippen LogP contribution in [0.15, 0.2) is 22.7 Å². The fourth-order valence-electron chi connectivity index (χ4n) is 3.27. The first-order valence-corrected chi connectivity index (χ1v) is 7.34. The minimum atomic E-state index is 0.0821. The number of benzene rings is 1.